The first-order chi connectivity index (χ1) is 12.8. The van der Waals surface area contributed by atoms with Crippen molar-refractivity contribution in [1.82, 2.24) is 4.98 Å². The predicted octanol–water partition coefficient (Wildman–Crippen LogP) is 4.18. The summed E-state index contributed by atoms with van der Waals surface area (Å²) in [6, 6.07) is 18.2. The van der Waals surface area contributed by atoms with Gasteiger partial charge < -0.3 is 10.1 Å². The summed E-state index contributed by atoms with van der Waals surface area (Å²) >= 11 is 0. The first-order valence-corrected chi connectivity index (χ1v) is 8.06. The molecule has 1 amide bonds. The molecule has 1 heterocycles. The van der Waals surface area contributed by atoms with Crippen LogP contribution in [0.4, 0.5) is 5.69 Å². The molecular weight excluding hydrogens is 330 g/mol. The molecule has 0 fully saturated rings. The van der Waals surface area contributed by atoms with E-state index in [1.807, 2.05) is 30.3 Å². The monoisotopic (exact) mass is 347 g/mol. The zero-order chi connectivity index (χ0) is 18.2. The van der Waals surface area contributed by atoms with Crippen molar-refractivity contribution in [2.45, 2.75) is 13.2 Å². The van der Waals surface area contributed by atoms with Crippen molar-refractivity contribution in [3.05, 3.63) is 94.7 Å². The van der Waals surface area contributed by atoms with Crippen LogP contribution in [0, 0.1) is 4.91 Å². The van der Waals surface area contributed by atoms with Gasteiger partial charge in [0.1, 0.15) is 18.9 Å². The molecule has 0 saturated heterocycles. The van der Waals surface area contributed by atoms with Crippen molar-refractivity contribution < 1.29 is 9.53 Å². The van der Waals surface area contributed by atoms with E-state index in [1.54, 1.807) is 42.7 Å². The molecule has 0 unspecified atom stereocenters. The third-order valence-electron chi connectivity index (χ3n) is 3.69. The number of ether oxygens (including phenoxy) is 1. The number of pyridine rings is 1. The van der Waals surface area contributed by atoms with E-state index in [2.05, 4.69) is 15.5 Å². The zero-order valence-corrected chi connectivity index (χ0v) is 14.0. The van der Waals surface area contributed by atoms with E-state index in [0.29, 0.717) is 29.2 Å². The van der Waals surface area contributed by atoms with Gasteiger partial charge in [-0.05, 0) is 35.4 Å². The number of hydrogen-bond donors (Lipinski definition) is 1. The topological polar surface area (TPSA) is 80.6 Å². The van der Waals surface area contributed by atoms with Crippen molar-refractivity contribution in [2.24, 2.45) is 5.18 Å². The molecular formula is C20H17N3O3. The summed E-state index contributed by atoms with van der Waals surface area (Å²) < 4.78 is 5.83. The summed E-state index contributed by atoms with van der Waals surface area (Å²) in [5, 5.41) is 5.66. The van der Waals surface area contributed by atoms with Crippen molar-refractivity contribution >= 4 is 11.6 Å². The molecule has 1 aromatic heterocycles. The van der Waals surface area contributed by atoms with E-state index in [1.165, 1.54) is 0 Å². The first-order valence-electron chi connectivity index (χ1n) is 8.06. The van der Waals surface area contributed by atoms with Crippen LogP contribution in [0.1, 0.15) is 21.5 Å². The SMILES string of the molecule is O=NCc1ccc(OCc2ccccc2)c(C(=O)Nc2cccnc2)c1. The van der Waals surface area contributed by atoms with Crippen LogP contribution in [0.5, 0.6) is 5.75 Å². The highest BCUT2D eigenvalue weighted by molar-refractivity contribution is 6.06. The van der Waals surface area contributed by atoms with Gasteiger partial charge in [-0.2, -0.15) is 4.91 Å². The normalized spacial score (nSPS) is 10.2. The largest absolute Gasteiger partial charge is 0.488 e. The maximum Gasteiger partial charge on any atom is 0.259 e. The molecule has 130 valence electrons. The van der Waals surface area contributed by atoms with E-state index < -0.39 is 0 Å². The highest BCUT2D eigenvalue weighted by atomic mass is 16.5. The third kappa shape index (κ3) is 4.51. The number of amides is 1. The molecule has 6 heteroatoms. The fraction of sp³-hybridized carbons (Fsp3) is 0.100. The fourth-order valence-electron chi connectivity index (χ4n) is 2.42. The highest BCUT2D eigenvalue weighted by Gasteiger charge is 2.14. The average Bonchev–Trinajstić information content (AvgIpc) is 2.69. The van der Waals surface area contributed by atoms with Gasteiger partial charge in [-0.15, -0.1) is 0 Å². The van der Waals surface area contributed by atoms with Gasteiger partial charge in [0.25, 0.3) is 5.91 Å². The molecule has 0 spiro atoms. The Morgan fingerprint density at radius 3 is 2.62 bits per heavy atom. The van der Waals surface area contributed by atoms with Gasteiger partial charge in [0.15, 0.2) is 0 Å². The Morgan fingerprint density at radius 1 is 1.04 bits per heavy atom. The maximum absolute atomic E-state index is 12.7. The Balaban J connectivity index is 1.83. The molecule has 3 aromatic rings. The van der Waals surface area contributed by atoms with Crippen LogP contribution in [0.15, 0.2) is 78.2 Å². The number of nitrogens with zero attached hydrogens (tertiary/aromatic N) is 2. The Bertz CT molecular complexity index is 883. The molecule has 0 atom stereocenters. The minimum absolute atomic E-state index is 0.00780. The molecule has 0 radical (unpaired) electrons. The van der Waals surface area contributed by atoms with Crippen LogP contribution in [0.25, 0.3) is 0 Å². The van der Waals surface area contributed by atoms with Crippen molar-refractivity contribution in [3.8, 4) is 5.75 Å². The number of hydrogen-bond acceptors (Lipinski definition) is 5. The molecule has 6 nitrogen and oxygen atoms in total. The summed E-state index contributed by atoms with van der Waals surface area (Å²) in [6.07, 6.45) is 3.18. The minimum Gasteiger partial charge on any atom is -0.488 e. The summed E-state index contributed by atoms with van der Waals surface area (Å²) in [5.41, 5.74) is 2.55. The van der Waals surface area contributed by atoms with Crippen LogP contribution in [-0.4, -0.2) is 10.9 Å². The van der Waals surface area contributed by atoms with Gasteiger partial charge >= 0.3 is 0 Å². The van der Waals surface area contributed by atoms with Crippen LogP contribution in [0.3, 0.4) is 0 Å². The molecule has 3 rings (SSSR count). The molecule has 0 aliphatic carbocycles. The van der Waals surface area contributed by atoms with Crippen molar-refractivity contribution in [3.63, 3.8) is 0 Å². The minimum atomic E-state index is -0.339. The standard InChI is InChI=1S/C20H17N3O3/c24-20(23-17-7-4-10-21-13-17)18-11-16(12-22-25)8-9-19(18)26-14-15-5-2-1-3-6-15/h1-11,13H,12,14H2,(H,23,24). The molecule has 0 bridgehead atoms. The predicted molar refractivity (Wildman–Crippen MR) is 98.9 cm³/mol. The maximum atomic E-state index is 12.7. The van der Waals surface area contributed by atoms with Crippen molar-refractivity contribution in [2.75, 3.05) is 5.32 Å². The van der Waals surface area contributed by atoms with E-state index in [9.17, 15) is 9.70 Å². The van der Waals surface area contributed by atoms with Crippen LogP contribution < -0.4 is 10.1 Å². The van der Waals surface area contributed by atoms with Gasteiger partial charge in [-0.1, -0.05) is 41.6 Å². The third-order valence-corrected chi connectivity index (χ3v) is 3.69. The number of aromatic nitrogens is 1. The van der Waals surface area contributed by atoms with Gasteiger partial charge in [0.05, 0.1) is 17.4 Å². The average molecular weight is 347 g/mol. The lowest BCUT2D eigenvalue weighted by Gasteiger charge is -2.13. The number of nitroso groups, excluding NO2 is 1. The Labute approximate surface area is 150 Å². The lowest BCUT2D eigenvalue weighted by atomic mass is 10.1. The van der Waals surface area contributed by atoms with E-state index in [0.717, 1.165) is 5.56 Å². The molecule has 2 aromatic carbocycles. The number of benzene rings is 2. The van der Waals surface area contributed by atoms with Crippen LogP contribution >= 0.6 is 0 Å². The van der Waals surface area contributed by atoms with Gasteiger partial charge in [0.2, 0.25) is 0 Å². The Kier molecular flexibility index (Phi) is 5.67. The second kappa shape index (κ2) is 8.53. The zero-order valence-electron chi connectivity index (χ0n) is 14.0. The molecule has 1 N–H and O–H groups in total. The Hall–Kier alpha value is -3.54. The van der Waals surface area contributed by atoms with E-state index in [4.69, 9.17) is 4.74 Å². The number of rotatable bonds is 7. The molecule has 26 heavy (non-hydrogen) atoms. The van der Waals surface area contributed by atoms with Crippen LogP contribution in [0.2, 0.25) is 0 Å². The van der Waals surface area contributed by atoms with Gasteiger partial charge in [-0.3, -0.25) is 9.78 Å². The van der Waals surface area contributed by atoms with Crippen LogP contribution in [-0.2, 0) is 13.2 Å². The Morgan fingerprint density at radius 2 is 1.88 bits per heavy atom. The smallest absolute Gasteiger partial charge is 0.259 e. The van der Waals surface area contributed by atoms with Gasteiger partial charge in [0, 0.05) is 6.20 Å². The molecule has 0 aliphatic heterocycles. The first kappa shape index (κ1) is 17.3. The van der Waals surface area contributed by atoms with Crippen molar-refractivity contribution in [1.29, 1.82) is 0 Å². The quantitative estimate of drug-likeness (QED) is 0.650. The number of carbonyl (C=O) groups is 1. The summed E-state index contributed by atoms with van der Waals surface area (Å²) in [4.78, 5) is 27.2. The lowest BCUT2D eigenvalue weighted by Crippen LogP contribution is -2.14. The van der Waals surface area contributed by atoms with E-state index in [-0.39, 0.29) is 12.5 Å². The lowest BCUT2D eigenvalue weighted by molar-refractivity contribution is 0.102. The summed E-state index contributed by atoms with van der Waals surface area (Å²) in [5.74, 6) is 0.0960. The van der Waals surface area contributed by atoms with E-state index >= 15 is 0 Å². The molecule has 0 aliphatic rings. The van der Waals surface area contributed by atoms with Gasteiger partial charge in [-0.25, -0.2) is 0 Å². The fourth-order valence-corrected chi connectivity index (χ4v) is 2.42. The number of nitrogens with one attached hydrogen (secondary N) is 1. The highest BCUT2D eigenvalue weighted by Crippen LogP contribution is 2.23. The molecule has 0 saturated carbocycles. The number of anilines is 1. The second-order valence-electron chi connectivity index (χ2n) is 5.59. The number of carbonyl (C=O) groups excluding carboxylic acids is 1. The second-order valence-corrected chi connectivity index (χ2v) is 5.59. The summed E-state index contributed by atoms with van der Waals surface area (Å²) in [6.45, 7) is 0.325. The summed E-state index contributed by atoms with van der Waals surface area (Å²) in [7, 11) is 0.